The predicted molar refractivity (Wildman–Crippen MR) is 88.5 cm³/mol. The Morgan fingerprint density at radius 1 is 1.48 bits per heavy atom. The molecule has 0 saturated carbocycles. The molecule has 0 spiro atoms. The summed E-state index contributed by atoms with van der Waals surface area (Å²) in [5.74, 6) is -2.29. The van der Waals surface area contributed by atoms with Gasteiger partial charge < -0.3 is 20.2 Å². The predicted octanol–water partition coefficient (Wildman–Crippen LogP) is 0.541. The van der Waals surface area contributed by atoms with E-state index >= 15 is 0 Å². The standard InChI is InChI=1S/C16H17N3O5S/c1-6-10(9-3-18-5-17-8(4-20)15(18)25-9)13(16(23)24)19-12(6)11(7(2)21)14(19)22/h3,5-7,11-12,20-21H,4H2,1-2H3,(H,23,24)/t6-,7+,11+,12-/m0/s1. The van der Waals surface area contributed by atoms with Gasteiger partial charge in [-0.3, -0.25) is 9.20 Å². The van der Waals surface area contributed by atoms with Crippen LogP contribution in [0.1, 0.15) is 24.4 Å². The van der Waals surface area contributed by atoms with Gasteiger partial charge in [-0.1, -0.05) is 6.92 Å². The van der Waals surface area contributed by atoms with Crippen LogP contribution in [-0.4, -0.2) is 53.6 Å². The van der Waals surface area contributed by atoms with E-state index in [1.807, 2.05) is 6.92 Å². The number of nitrogens with zero attached hydrogens (tertiary/aromatic N) is 3. The third kappa shape index (κ3) is 2.03. The smallest absolute Gasteiger partial charge is 0.352 e. The van der Waals surface area contributed by atoms with Crippen LogP contribution in [0.5, 0.6) is 0 Å². The number of hydrogen-bond acceptors (Lipinski definition) is 6. The monoisotopic (exact) mass is 363 g/mol. The molecule has 0 aromatic carbocycles. The van der Waals surface area contributed by atoms with Crippen LogP contribution in [0.4, 0.5) is 0 Å². The molecule has 1 fully saturated rings. The van der Waals surface area contributed by atoms with Gasteiger partial charge in [-0.25, -0.2) is 9.78 Å². The molecule has 2 aromatic heterocycles. The first kappa shape index (κ1) is 16.2. The van der Waals surface area contributed by atoms with Gasteiger partial charge in [-0.05, 0) is 6.92 Å². The van der Waals surface area contributed by atoms with Crippen molar-refractivity contribution in [2.45, 2.75) is 32.6 Å². The lowest BCUT2D eigenvalue weighted by Crippen LogP contribution is -2.63. The second-order valence-corrected chi connectivity index (χ2v) is 7.51. The highest BCUT2D eigenvalue weighted by molar-refractivity contribution is 7.18. The molecule has 25 heavy (non-hydrogen) atoms. The van der Waals surface area contributed by atoms with Gasteiger partial charge >= 0.3 is 5.97 Å². The fourth-order valence-corrected chi connectivity index (χ4v) is 5.18. The molecule has 9 heteroatoms. The maximum absolute atomic E-state index is 12.4. The first-order valence-electron chi connectivity index (χ1n) is 7.92. The van der Waals surface area contributed by atoms with Crippen LogP contribution in [0.2, 0.25) is 0 Å². The highest BCUT2D eigenvalue weighted by Crippen LogP contribution is 2.51. The van der Waals surface area contributed by atoms with Crippen LogP contribution in [0.25, 0.3) is 10.4 Å². The number of β-lactam (4-membered cyclic amide) rings is 1. The van der Waals surface area contributed by atoms with E-state index in [4.69, 9.17) is 0 Å². The number of aliphatic hydroxyl groups is 2. The van der Waals surface area contributed by atoms with Crippen molar-refractivity contribution in [3.05, 3.63) is 28.8 Å². The van der Waals surface area contributed by atoms with E-state index in [1.165, 1.54) is 16.2 Å². The Hall–Kier alpha value is -2.23. The van der Waals surface area contributed by atoms with E-state index < -0.39 is 18.0 Å². The van der Waals surface area contributed by atoms with E-state index in [0.29, 0.717) is 11.3 Å². The summed E-state index contributed by atoms with van der Waals surface area (Å²) in [5, 5.41) is 28.9. The SMILES string of the molecule is C[C@@H](O)[C@H]1C(=O)N2C(C(=O)O)=C(c3cn4cnc(CO)c4s3)[C@H](C)[C@@H]12. The number of aromatic nitrogens is 2. The third-order valence-corrected chi connectivity index (χ3v) is 6.26. The molecule has 2 aromatic rings. The number of fused-ring (bicyclic) bond motifs is 2. The first-order valence-corrected chi connectivity index (χ1v) is 8.73. The lowest BCUT2D eigenvalue weighted by molar-refractivity contribution is -0.163. The van der Waals surface area contributed by atoms with Gasteiger partial charge in [0.15, 0.2) is 0 Å². The van der Waals surface area contributed by atoms with Crippen molar-refractivity contribution in [3.63, 3.8) is 0 Å². The maximum Gasteiger partial charge on any atom is 0.352 e. The Balaban J connectivity index is 1.85. The molecule has 1 saturated heterocycles. The number of imidazole rings is 1. The summed E-state index contributed by atoms with van der Waals surface area (Å²) in [5.41, 5.74) is 1.11. The van der Waals surface area contributed by atoms with Crippen molar-refractivity contribution >= 4 is 33.6 Å². The number of aliphatic carboxylic acids is 1. The summed E-state index contributed by atoms with van der Waals surface area (Å²) >= 11 is 1.34. The average Bonchev–Trinajstić information content (AvgIpc) is 3.16. The van der Waals surface area contributed by atoms with Crippen molar-refractivity contribution in [3.8, 4) is 0 Å². The zero-order chi connectivity index (χ0) is 18.0. The van der Waals surface area contributed by atoms with Crippen molar-refractivity contribution in [2.24, 2.45) is 11.8 Å². The highest BCUT2D eigenvalue weighted by atomic mass is 32.1. The van der Waals surface area contributed by atoms with E-state index in [2.05, 4.69) is 4.98 Å². The Bertz CT molecular complexity index is 927. The summed E-state index contributed by atoms with van der Waals surface area (Å²) in [6.45, 7) is 3.23. The maximum atomic E-state index is 12.4. The molecule has 0 bridgehead atoms. The largest absolute Gasteiger partial charge is 0.477 e. The average molecular weight is 363 g/mol. The minimum Gasteiger partial charge on any atom is -0.477 e. The fraction of sp³-hybridized carbons (Fsp3) is 0.438. The molecular weight excluding hydrogens is 346 g/mol. The number of aliphatic hydroxyl groups excluding tert-OH is 2. The lowest BCUT2D eigenvalue weighted by Gasteiger charge is -2.46. The summed E-state index contributed by atoms with van der Waals surface area (Å²) in [6, 6.07) is -0.342. The van der Waals surface area contributed by atoms with Crippen LogP contribution in [0, 0.1) is 11.8 Å². The number of rotatable bonds is 4. The van der Waals surface area contributed by atoms with Crippen molar-refractivity contribution in [1.82, 2.24) is 14.3 Å². The molecule has 8 nitrogen and oxygen atoms in total. The van der Waals surface area contributed by atoms with Crippen LogP contribution in [0.3, 0.4) is 0 Å². The Morgan fingerprint density at radius 2 is 2.20 bits per heavy atom. The quantitative estimate of drug-likeness (QED) is 0.683. The number of amides is 1. The normalized spacial score (nSPS) is 27.0. The van der Waals surface area contributed by atoms with Gasteiger partial charge in [0.2, 0.25) is 5.91 Å². The molecule has 4 rings (SSSR count). The number of hydrogen-bond donors (Lipinski definition) is 3. The van der Waals surface area contributed by atoms with Gasteiger partial charge in [0.1, 0.15) is 22.5 Å². The van der Waals surface area contributed by atoms with Gasteiger partial charge in [0.25, 0.3) is 0 Å². The molecule has 0 aliphatic carbocycles. The number of carbonyl (C=O) groups excluding carboxylic acids is 1. The summed E-state index contributed by atoms with van der Waals surface area (Å²) < 4.78 is 1.74. The summed E-state index contributed by atoms with van der Waals surface area (Å²) in [4.78, 5) is 31.1. The minimum absolute atomic E-state index is 0.0117. The molecule has 4 heterocycles. The van der Waals surface area contributed by atoms with Crippen molar-refractivity contribution in [1.29, 1.82) is 0 Å². The zero-order valence-electron chi connectivity index (χ0n) is 13.6. The van der Waals surface area contributed by atoms with Crippen molar-refractivity contribution < 1.29 is 24.9 Å². The number of carboxylic acids is 1. The third-order valence-electron chi connectivity index (χ3n) is 5.07. The summed E-state index contributed by atoms with van der Waals surface area (Å²) in [7, 11) is 0. The van der Waals surface area contributed by atoms with Gasteiger partial charge in [0.05, 0.1) is 29.5 Å². The van der Waals surface area contributed by atoms with Crippen LogP contribution in [-0.2, 0) is 16.2 Å². The lowest BCUT2D eigenvalue weighted by atomic mass is 9.77. The fourth-order valence-electron chi connectivity index (χ4n) is 3.98. The van der Waals surface area contributed by atoms with E-state index in [9.17, 15) is 24.9 Å². The van der Waals surface area contributed by atoms with Crippen LogP contribution >= 0.6 is 11.3 Å². The number of carboxylic acid groups (broad SMARTS) is 1. The molecule has 2 aliphatic rings. The number of thiazole rings is 1. The van der Waals surface area contributed by atoms with Gasteiger partial charge in [0, 0.05) is 17.7 Å². The molecule has 1 amide bonds. The van der Waals surface area contributed by atoms with Crippen molar-refractivity contribution in [2.75, 3.05) is 0 Å². The van der Waals surface area contributed by atoms with E-state index in [0.717, 1.165) is 9.71 Å². The molecule has 4 atom stereocenters. The number of carbonyl (C=O) groups is 2. The Morgan fingerprint density at radius 3 is 2.80 bits per heavy atom. The molecule has 3 N–H and O–H groups in total. The topological polar surface area (TPSA) is 115 Å². The van der Waals surface area contributed by atoms with Crippen LogP contribution < -0.4 is 0 Å². The van der Waals surface area contributed by atoms with Gasteiger partial charge in [-0.15, -0.1) is 11.3 Å². The second kappa shape index (κ2) is 5.38. The van der Waals surface area contributed by atoms with E-state index in [1.54, 1.807) is 23.8 Å². The summed E-state index contributed by atoms with van der Waals surface area (Å²) in [6.07, 6.45) is 2.52. The van der Waals surface area contributed by atoms with Gasteiger partial charge in [-0.2, -0.15) is 0 Å². The molecule has 2 aliphatic heterocycles. The minimum atomic E-state index is -1.15. The zero-order valence-corrected chi connectivity index (χ0v) is 14.4. The first-order chi connectivity index (χ1) is 11.9. The second-order valence-electron chi connectivity index (χ2n) is 6.48. The molecular formula is C16H17N3O5S. The molecule has 0 unspecified atom stereocenters. The molecule has 0 radical (unpaired) electrons. The Kier molecular flexibility index (Phi) is 3.50. The van der Waals surface area contributed by atoms with Crippen LogP contribution in [0.15, 0.2) is 18.2 Å². The highest BCUT2D eigenvalue weighted by Gasteiger charge is 2.60. The van der Waals surface area contributed by atoms with E-state index in [-0.39, 0.29) is 30.2 Å². The molecule has 132 valence electrons. The Labute approximate surface area is 146 Å².